The first-order valence-electron chi connectivity index (χ1n) is 5.48. The van der Waals surface area contributed by atoms with Gasteiger partial charge in [-0.2, -0.15) is 9.97 Å². The van der Waals surface area contributed by atoms with Gasteiger partial charge in [0.05, 0.1) is 12.7 Å². The van der Waals surface area contributed by atoms with Crippen LogP contribution in [0.4, 0.5) is 16.2 Å². The van der Waals surface area contributed by atoms with E-state index in [0.717, 1.165) is 6.20 Å². The Hall–Kier alpha value is -2.25. The fourth-order valence-corrected chi connectivity index (χ4v) is 1.31. The monoisotopic (exact) mass is 252 g/mol. The van der Waals surface area contributed by atoms with E-state index in [-0.39, 0.29) is 12.4 Å². The van der Waals surface area contributed by atoms with Crippen LogP contribution in [0.2, 0.25) is 0 Å². The molecule has 2 N–H and O–H groups in total. The zero-order chi connectivity index (χ0) is 13.0. The van der Waals surface area contributed by atoms with Gasteiger partial charge in [-0.25, -0.2) is 9.37 Å². The Labute approximate surface area is 103 Å². The second kappa shape index (κ2) is 5.39. The number of hydrogen-bond donors (Lipinski definition) is 2. The van der Waals surface area contributed by atoms with Gasteiger partial charge in [0.2, 0.25) is 11.8 Å². The Bertz CT molecular complexity index is 529. The van der Waals surface area contributed by atoms with Gasteiger partial charge in [-0.05, 0) is 6.92 Å². The number of anilines is 2. The van der Waals surface area contributed by atoms with Crippen molar-refractivity contribution in [2.45, 2.75) is 20.4 Å². The molecule has 0 bridgehead atoms. The fourth-order valence-electron chi connectivity index (χ4n) is 1.31. The van der Waals surface area contributed by atoms with Crippen molar-refractivity contribution < 1.29 is 8.91 Å². The summed E-state index contributed by atoms with van der Waals surface area (Å²) in [5.74, 6) is 0.838. The van der Waals surface area contributed by atoms with E-state index in [1.54, 1.807) is 6.92 Å². The highest BCUT2D eigenvalue weighted by Crippen LogP contribution is 2.12. The summed E-state index contributed by atoms with van der Waals surface area (Å²) in [6, 6.07) is 0. The van der Waals surface area contributed by atoms with Gasteiger partial charge in [0, 0.05) is 13.5 Å². The van der Waals surface area contributed by atoms with Crippen molar-refractivity contribution in [3.05, 3.63) is 23.7 Å². The van der Waals surface area contributed by atoms with Gasteiger partial charge in [-0.1, -0.05) is 5.16 Å². The minimum Gasteiger partial charge on any atom is -0.360 e. The quantitative estimate of drug-likeness (QED) is 0.830. The van der Waals surface area contributed by atoms with E-state index < -0.39 is 5.82 Å². The summed E-state index contributed by atoms with van der Waals surface area (Å²) in [4.78, 5) is 11.8. The first kappa shape index (κ1) is 12.2. The molecule has 0 amide bonds. The number of halogens is 1. The standard InChI is InChI=1S/C10H13FN6O/c1-3-12-10-14-4-7(11)9(16-10)13-5-8-15-6(2)18-17-8/h4H,3,5H2,1-2H3,(H2,12,13,14,16). The molecule has 2 aromatic rings. The van der Waals surface area contributed by atoms with Crippen molar-refractivity contribution >= 4 is 11.8 Å². The van der Waals surface area contributed by atoms with Crippen LogP contribution in [0.5, 0.6) is 0 Å². The smallest absolute Gasteiger partial charge is 0.224 e. The van der Waals surface area contributed by atoms with Crippen molar-refractivity contribution in [1.29, 1.82) is 0 Å². The number of nitrogens with one attached hydrogen (secondary N) is 2. The van der Waals surface area contributed by atoms with Gasteiger partial charge in [0.1, 0.15) is 0 Å². The summed E-state index contributed by atoms with van der Waals surface area (Å²) in [6.07, 6.45) is 1.11. The largest absolute Gasteiger partial charge is 0.360 e. The number of nitrogens with zero attached hydrogens (tertiary/aromatic N) is 4. The Kier molecular flexibility index (Phi) is 3.66. The van der Waals surface area contributed by atoms with Crippen LogP contribution < -0.4 is 10.6 Å². The summed E-state index contributed by atoms with van der Waals surface area (Å²) in [5.41, 5.74) is 0. The van der Waals surface area contributed by atoms with Crippen LogP contribution in [0.3, 0.4) is 0 Å². The third kappa shape index (κ3) is 2.90. The van der Waals surface area contributed by atoms with Gasteiger partial charge in [-0.3, -0.25) is 0 Å². The molecule has 0 radical (unpaired) electrons. The lowest BCUT2D eigenvalue weighted by atomic mass is 10.5. The van der Waals surface area contributed by atoms with Crippen LogP contribution in [0.25, 0.3) is 0 Å². The number of rotatable bonds is 5. The third-order valence-corrected chi connectivity index (χ3v) is 2.06. The van der Waals surface area contributed by atoms with Crippen LogP contribution in [0.15, 0.2) is 10.7 Å². The molecule has 18 heavy (non-hydrogen) atoms. The highest BCUT2D eigenvalue weighted by molar-refractivity contribution is 5.40. The molecule has 8 heteroatoms. The summed E-state index contributed by atoms with van der Waals surface area (Å²) in [7, 11) is 0. The van der Waals surface area contributed by atoms with Gasteiger partial charge in [0.25, 0.3) is 0 Å². The molecule has 2 rings (SSSR count). The molecule has 0 unspecified atom stereocenters. The maximum absolute atomic E-state index is 13.4. The minimum atomic E-state index is -0.531. The molecule has 0 aliphatic rings. The van der Waals surface area contributed by atoms with Crippen LogP contribution >= 0.6 is 0 Å². The Morgan fingerprint density at radius 2 is 2.17 bits per heavy atom. The number of aryl methyl sites for hydroxylation is 1. The van der Waals surface area contributed by atoms with E-state index in [0.29, 0.717) is 24.2 Å². The lowest BCUT2D eigenvalue weighted by Crippen LogP contribution is -2.09. The average Bonchev–Trinajstić information content (AvgIpc) is 2.76. The zero-order valence-corrected chi connectivity index (χ0v) is 10.1. The highest BCUT2D eigenvalue weighted by Gasteiger charge is 2.08. The van der Waals surface area contributed by atoms with Gasteiger partial charge in [0.15, 0.2) is 17.5 Å². The van der Waals surface area contributed by atoms with Crippen molar-refractivity contribution in [1.82, 2.24) is 20.1 Å². The molecule has 0 fully saturated rings. The fraction of sp³-hybridized carbons (Fsp3) is 0.400. The molecule has 2 heterocycles. The van der Waals surface area contributed by atoms with Gasteiger partial charge >= 0.3 is 0 Å². The molecule has 7 nitrogen and oxygen atoms in total. The molecule has 0 saturated heterocycles. The van der Waals surface area contributed by atoms with Crippen molar-refractivity contribution in [2.75, 3.05) is 17.2 Å². The predicted molar refractivity (Wildman–Crippen MR) is 62.5 cm³/mol. The van der Waals surface area contributed by atoms with Crippen LogP contribution in [0.1, 0.15) is 18.6 Å². The number of hydrogen-bond acceptors (Lipinski definition) is 7. The molecule has 0 aliphatic heterocycles. The predicted octanol–water partition coefficient (Wildman–Crippen LogP) is 1.35. The van der Waals surface area contributed by atoms with Gasteiger partial charge in [-0.15, -0.1) is 0 Å². The second-order valence-corrected chi connectivity index (χ2v) is 3.50. The molecular formula is C10H13FN6O. The van der Waals surface area contributed by atoms with Crippen molar-refractivity contribution in [3.8, 4) is 0 Å². The van der Waals surface area contributed by atoms with Crippen LogP contribution in [-0.4, -0.2) is 26.7 Å². The van der Waals surface area contributed by atoms with Crippen LogP contribution in [0, 0.1) is 12.7 Å². The third-order valence-electron chi connectivity index (χ3n) is 2.06. The second-order valence-electron chi connectivity index (χ2n) is 3.50. The topological polar surface area (TPSA) is 88.8 Å². The van der Waals surface area contributed by atoms with E-state index in [1.807, 2.05) is 6.92 Å². The molecule has 0 aliphatic carbocycles. The maximum atomic E-state index is 13.4. The molecule has 96 valence electrons. The van der Waals surface area contributed by atoms with Gasteiger partial charge < -0.3 is 15.2 Å². The zero-order valence-electron chi connectivity index (χ0n) is 10.1. The van der Waals surface area contributed by atoms with E-state index in [1.165, 1.54) is 0 Å². The molecule has 0 spiro atoms. The maximum Gasteiger partial charge on any atom is 0.224 e. The van der Waals surface area contributed by atoms with Crippen LogP contribution in [-0.2, 0) is 6.54 Å². The molecule has 0 saturated carbocycles. The van der Waals surface area contributed by atoms with Crippen molar-refractivity contribution in [3.63, 3.8) is 0 Å². The molecule has 0 aromatic carbocycles. The summed E-state index contributed by atoms with van der Waals surface area (Å²) >= 11 is 0. The van der Waals surface area contributed by atoms with Crippen molar-refractivity contribution in [2.24, 2.45) is 0 Å². The van der Waals surface area contributed by atoms with E-state index in [2.05, 4.69) is 30.7 Å². The lowest BCUT2D eigenvalue weighted by Gasteiger charge is -2.06. The van der Waals surface area contributed by atoms with E-state index >= 15 is 0 Å². The minimum absolute atomic E-state index is 0.100. The Morgan fingerprint density at radius 3 is 2.83 bits per heavy atom. The summed E-state index contributed by atoms with van der Waals surface area (Å²) in [6.45, 7) is 4.49. The normalized spacial score (nSPS) is 10.4. The highest BCUT2D eigenvalue weighted by atomic mass is 19.1. The molecular weight excluding hydrogens is 239 g/mol. The van der Waals surface area contributed by atoms with E-state index in [9.17, 15) is 4.39 Å². The SMILES string of the molecule is CCNc1ncc(F)c(NCc2noc(C)n2)n1. The summed E-state index contributed by atoms with van der Waals surface area (Å²) in [5, 5.41) is 9.38. The number of aromatic nitrogens is 4. The Morgan fingerprint density at radius 1 is 1.33 bits per heavy atom. The lowest BCUT2D eigenvalue weighted by molar-refractivity contribution is 0.388. The first-order valence-corrected chi connectivity index (χ1v) is 5.48. The first-order chi connectivity index (χ1) is 8.69. The summed E-state index contributed by atoms with van der Waals surface area (Å²) < 4.78 is 18.2. The van der Waals surface area contributed by atoms with E-state index in [4.69, 9.17) is 4.52 Å². The molecule has 2 aromatic heterocycles. The average molecular weight is 252 g/mol. The Balaban J connectivity index is 2.05. The molecule has 0 atom stereocenters.